The first kappa shape index (κ1) is 24.0. The number of rotatable bonds is 0. The van der Waals surface area contributed by atoms with E-state index in [2.05, 4.69) is 17.9 Å². The van der Waals surface area contributed by atoms with Crippen molar-refractivity contribution in [1.82, 2.24) is 0 Å². The van der Waals surface area contributed by atoms with Crippen LogP contribution in [0.1, 0.15) is 0 Å². The second-order valence-electron chi connectivity index (χ2n) is 0. The van der Waals surface area contributed by atoms with Gasteiger partial charge in [0, 0.05) is 0 Å². The van der Waals surface area contributed by atoms with Gasteiger partial charge in [0.15, 0.2) is 0 Å². The van der Waals surface area contributed by atoms with Crippen LogP contribution in [0.3, 0.4) is 0 Å². The summed E-state index contributed by atoms with van der Waals surface area (Å²) >= 11 is 0. The van der Waals surface area contributed by atoms with E-state index in [9.17, 15) is 0 Å². The SMILES string of the molecule is PP.[GaH3].[InH2].[InH3]. The molecule has 2 unspecified atom stereocenters. The van der Waals surface area contributed by atoms with E-state index in [1.807, 2.05) is 0 Å². The van der Waals surface area contributed by atoms with Crippen molar-refractivity contribution in [3.05, 3.63) is 0 Å². The predicted molar refractivity (Wildman–Crippen MR) is 47.8 cm³/mol. The van der Waals surface area contributed by atoms with Gasteiger partial charge in [-0.15, -0.1) is 17.9 Å². The van der Waals surface area contributed by atoms with Crippen LogP contribution in [0.4, 0.5) is 0 Å². The van der Waals surface area contributed by atoms with Gasteiger partial charge in [-0.25, -0.2) is 0 Å². The van der Waals surface area contributed by atoms with Crippen molar-refractivity contribution in [2.24, 2.45) is 0 Å². The van der Waals surface area contributed by atoms with Gasteiger partial charge in [-0.2, -0.15) is 0 Å². The summed E-state index contributed by atoms with van der Waals surface area (Å²) in [6.45, 7) is 0. The fourth-order valence-electron chi connectivity index (χ4n) is 0. The Balaban J connectivity index is -0.00000000167. The van der Waals surface area contributed by atoms with Crippen molar-refractivity contribution in [3.8, 4) is 0 Å². The summed E-state index contributed by atoms with van der Waals surface area (Å²) < 4.78 is 0. The van der Waals surface area contributed by atoms with Gasteiger partial charge in [0.1, 0.15) is 0 Å². The minimum atomic E-state index is 0. The molecule has 0 amide bonds. The second kappa shape index (κ2) is 26.9. The molecule has 0 saturated heterocycles. The quantitative estimate of drug-likeness (QED) is 0.322. The Hall–Kier alpha value is 3.24. The van der Waals surface area contributed by atoms with Gasteiger partial charge in [0.05, 0.1) is 0 Å². The fraction of sp³-hybridized carbons (Fsp3) is 0. The molecule has 0 rings (SSSR count). The summed E-state index contributed by atoms with van der Waals surface area (Å²) in [4.78, 5) is 0. The van der Waals surface area contributed by atoms with E-state index in [0.717, 1.165) is 0 Å². The molecule has 0 spiro atoms. The van der Waals surface area contributed by atoms with E-state index in [1.54, 1.807) is 0 Å². The van der Waals surface area contributed by atoms with Gasteiger partial charge >= 0.3 is 71.5 Å². The molecule has 0 aromatic rings. The molecule has 0 aromatic carbocycles. The first-order chi connectivity index (χ1) is 1.00. The van der Waals surface area contributed by atoms with Crippen molar-refractivity contribution < 1.29 is 0 Å². The van der Waals surface area contributed by atoms with Crippen LogP contribution in [0.15, 0.2) is 0 Å². The van der Waals surface area contributed by atoms with Crippen LogP contribution in [-0.4, -0.2) is 71.5 Å². The summed E-state index contributed by atoms with van der Waals surface area (Å²) in [5, 5.41) is 0. The molecular weight excluding hydrogens is 361 g/mol. The Bertz CT molecular complexity index is 7.61. The van der Waals surface area contributed by atoms with Gasteiger partial charge in [0.25, 0.3) is 0 Å². The summed E-state index contributed by atoms with van der Waals surface area (Å²) in [7, 11) is 4.67. The molecule has 5 heavy (non-hydrogen) atoms. The number of hydrogen-bond acceptors (Lipinski definition) is 0. The summed E-state index contributed by atoms with van der Waals surface area (Å²) in [5.74, 6) is 0. The van der Waals surface area contributed by atoms with E-state index < -0.39 is 0 Å². The van der Waals surface area contributed by atoms with Gasteiger partial charge in [-0.3, -0.25) is 0 Å². The van der Waals surface area contributed by atoms with Crippen LogP contribution in [0.2, 0.25) is 0 Å². The summed E-state index contributed by atoms with van der Waals surface area (Å²) in [5.41, 5.74) is 0. The van der Waals surface area contributed by atoms with Crippen LogP contribution in [0.5, 0.6) is 0 Å². The topological polar surface area (TPSA) is 0 Å². The zero-order chi connectivity index (χ0) is 2.00. The molecule has 0 aromatic heterocycles. The number of hydrogen-bond donors (Lipinski definition) is 0. The summed E-state index contributed by atoms with van der Waals surface area (Å²) in [6.07, 6.45) is 0. The molecule has 0 aliphatic heterocycles. The van der Waals surface area contributed by atoms with Gasteiger partial charge in [-0.05, 0) is 0 Å². The van der Waals surface area contributed by atoms with E-state index in [-0.39, 0.29) is 71.5 Å². The molecule has 2 atom stereocenters. The Kier molecular flexibility index (Phi) is 129. The fourth-order valence-corrected chi connectivity index (χ4v) is 0. The van der Waals surface area contributed by atoms with Crippen LogP contribution >= 0.6 is 17.9 Å². The Morgan fingerprint density at radius 2 is 1.00 bits per heavy atom. The Morgan fingerprint density at radius 1 is 1.00 bits per heavy atom. The average Bonchev–Trinajstić information content (AvgIpc) is 1.00. The maximum atomic E-state index is 2.33. The first-order valence-electron chi connectivity index (χ1n) is 0.333. The zero-order valence-corrected chi connectivity index (χ0v) is 10.2. The van der Waals surface area contributed by atoms with Crippen molar-refractivity contribution in [2.45, 2.75) is 0 Å². The van der Waals surface area contributed by atoms with Gasteiger partial charge in [0.2, 0.25) is 0 Å². The van der Waals surface area contributed by atoms with Crippen LogP contribution in [0, 0.1) is 0 Å². The molecule has 31 valence electrons. The van der Waals surface area contributed by atoms with Crippen LogP contribution in [-0.2, 0) is 0 Å². The second-order valence-corrected chi connectivity index (χ2v) is 0. The van der Waals surface area contributed by atoms with Crippen molar-refractivity contribution in [2.75, 3.05) is 0 Å². The van der Waals surface area contributed by atoms with Crippen molar-refractivity contribution in [1.29, 1.82) is 0 Å². The van der Waals surface area contributed by atoms with Gasteiger partial charge in [-0.1, -0.05) is 0 Å². The van der Waals surface area contributed by atoms with E-state index in [0.29, 0.717) is 0 Å². The molecule has 0 N–H and O–H groups in total. The molecule has 0 heterocycles. The normalized spacial score (nSPS) is 1.20. The molecule has 0 fully saturated rings. The third-order valence-corrected chi connectivity index (χ3v) is 0. The average molecular weight is 373 g/mol. The van der Waals surface area contributed by atoms with Crippen LogP contribution in [0.25, 0.3) is 0 Å². The first-order valence-corrected chi connectivity index (χ1v) is 3.00. The molecule has 0 aliphatic rings. The molecular formula is H12GaIn2P2. The zero-order valence-electron chi connectivity index (χ0n) is 2.15. The van der Waals surface area contributed by atoms with Crippen molar-refractivity contribution >= 4 is 89.3 Å². The Morgan fingerprint density at radius 3 is 1.00 bits per heavy atom. The third-order valence-electron chi connectivity index (χ3n) is 0. The molecule has 0 nitrogen and oxygen atoms in total. The molecule has 0 bridgehead atoms. The van der Waals surface area contributed by atoms with E-state index in [4.69, 9.17) is 0 Å². The molecule has 1 radical (unpaired) electrons. The van der Waals surface area contributed by atoms with Crippen LogP contribution < -0.4 is 0 Å². The predicted octanol–water partition coefficient (Wildman–Crippen LogP) is -2.63. The monoisotopic (exact) mass is 373 g/mol. The van der Waals surface area contributed by atoms with Gasteiger partial charge < -0.3 is 0 Å². The van der Waals surface area contributed by atoms with E-state index in [1.165, 1.54) is 0 Å². The van der Waals surface area contributed by atoms with Crippen molar-refractivity contribution in [3.63, 3.8) is 0 Å². The Labute approximate surface area is 87.9 Å². The van der Waals surface area contributed by atoms with E-state index >= 15 is 0 Å². The molecule has 0 aliphatic carbocycles. The third kappa shape index (κ3) is 18.9. The molecule has 5 heteroatoms. The minimum absolute atomic E-state index is 0. The molecule has 0 saturated carbocycles. The standard InChI is InChI=1S/Ga.2In.H4P2.8H/c;;;1-2;;;;;;;;/h;;;1-2H2;;;;;;;;. The summed E-state index contributed by atoms with van der Waals surface area (Å²) in [6, 6.07) is 0. The maximum absolute atomic E-state index is 2.33.